The number of benzene rings is 1. The van der Waals surface area contributed by atoms with Gasteiger partial charge in [0.05, 0.1) is 14.2 Å². The number of aromatic carboxylic acids is 1. The van der Waals surface area contributed by atoms with Gasteiger partial charge in [0.2, 0.25) is 0 Å². The van der Waals surface area contributed by atoms with Crippen LogP contribution in [0.25, 0.3) is 6.08 Å². The van der Waals surface area contributed by atoms with Gasteiger partial charge < -0.3 is 14.6 Å². The van der Waals surface area contributed by atoms with Gasteiger partial charge >= 0.3 is 5.97 Å². The number of ketones is 1. The molecule has 0 unspecified atom stereocenters. The van der Waals surface area contributed by atoms with E-state index in [0.29, 0.717) is 11.3 Å². The van der Waals surface area contributed by atoms with E-state index in [2.05, 4.69) is 0 Å². The second-order valence-corrected chi connectivity index (χ2v) is 4.58. The monoisotopic (exact) mass is 276 g/mol. The van der Waals surface area contributed by atoms with Crippen molar-refractivity contribution in [3.8, 4) is 11.5 Å². The quantitative estimate of drug-likeness (QED) is 0.808. The van der Waals surface area contributed by atoms with Crippen LogP contribution in [0.3, 0.4) is 0 Å². The lowest BCUT2D eigenvalue weighted by atomic mass is 10.0. The van der Waals surface area contributed by atoms with Gasteiger partial charge in [-0.1, -0.05) is 12.1 Å². The molecular weight excluding hydrogens is 260 g/mol. The van der Waals surface area contributed by atoms with Crippen molar-refractivity contribution < 1.29 is 24.2 Å². The van der Waals surface area contributed by atoms with Gasteiger partial charge in [0, 0.05) is 5.92 Å². The highest BCUT2D eigenvalue weighted by molar-refractivity contribution is 6.00. The minimum Gasteiger partial charge on any atom is -0.493 e. The molecule has 20 heavy (non-hydrogen) atoms. The summed E-state index contributed by atoms with van der Waals surface area (Å²) in [6.07, 6.45) is 4.79. The Morgan fingerprint density at radius 2 is 1.95 bits per heavy atom. The summed E-state index contributed by atoms with van der Waals surface area (Å²) in [5.74, 6) is -0.480. The molecule has 1 fully saturated rings. The number of carboxylic acids is 1. The molecule has 0 heterocycles. The fourth-order valence-electron chi connectivity index (χ4n) is 1.98. The number of ether oxygens (including phenoxy) is 2. The smallest absolute Gasteiger partial charge is 0.340 e. The van der Waals surface area contributed by atoms with Crippen molar-refractivity contribution in [2.75, 3.05) is 14.2 Å². The highest BCUT2D eigenvalue weighted by atomic mass is 16.5. The molecule has 0 amide bonds. The van der Waals surface area contributed by atoms with Gasteiger partial charge in [-0.25, -0.2) is 4.79 Å². The Bertz CT molecular complexity index is 570. The van der Waals surface area contributed by atoms with Crippen LogP contribution in [0.4, 0.5) is 0 Å². The molecule has 2 rings (SSSR count). The minimum absolute atomic E-state index is 0.00769. The first-order valence-corrected chi connectivity index (χ1v) is 6.28. The number of hydrogen-bond donors (Lipinski definition) is 1. The van der Waals surface area contributed by atoms with Gasteiger partial charge in [0.1, 0.15) is 5.56 Å². The summed E-state index contributed by atoms with van der Waals surface area (Å²) < 4.78 is 10.2. The first-order chi connectivity index (χ1) is 9.58. The maximum absolute atomic E-state index is 11.6. The summed E-state index contributed by atoms with van der Waals surface area (Å²) in [4.78, 5) is 23.1. The van der Waals surface area contributed by atoms with Crippen LogP contribution < -0.4 is 9.47 Å². The molecule has 106 valence electrons. The molecule has 0 bridgehead atoms. The molecule has 0 saturated heterocycles. The molecule has 1 saturated carbocycles. The van der Waals surface area contributed by atoms with Crippen LogP contribution in [0.5, 0.6) is 11.5 Å². The van der Waals surface area contributed by atoms with Crippen LogP contribution in [0.15, 0.2) is 18.2 Å². The zero-order valence-electron chi connectivity index (χ0n) is 11.4. The summed E-state index contributed by atoms with van der Waals surface area (Å²) in [6.45, 7) is 0. The lowest BCUT2D eigenvalue weighted by Crippen LogP contribution is -2.05. The molecule has 1 aromatic carbocycles. The van der Waals surface area contributed by atoms with E-state index >= 15 is 0 Å². The Hall–Kier alpha value is -2.30. The normalized spacial score (nSPS) is 14.3. The van der Waals surface area contributed by atoms with E-state index in [4.69, 9.17) is 9.47 Å². The number of allylic oxidation sites excluding steroid dienone is 1. The molecule has 0 radical (unpaired) electrons. The number of carbonyl (C=O) groups is 2. The Morgan fingerprint density at radius 3 is 2.45 bits per heavy atom. The van der Waals surface area contributed by atoms with Crippen LogP contribution in [0, 0.1) is 5.92 Å². The number of methoxy groups -OCH3 is 2. The van der Waals surface area contributed by atoms with Gasteiger partial charge in [0.15, 0.2) is 17.3 Å². The van der Waals surface area contributed by atoms with Crippen LogP contribution in [-0.2, 0) is 4.79 Å². The van der Waals surface area contributed by atoms with Crippen molar-refractivity contribution in [2.24, 2.45) is 5.92 Å². The molecule has 5 heteroatoms. The maximum atomic E-state index is 11.6. The fourth-order valence-corrected chi connectivity index (χ4v) is 1.98. The van der Waals surface area contributed by atoms with Gasteiger partial charge in [-0.15, -0.1) is 0 Å². The highest BCUT2D eigenvalue weighted by Gasteiger charge is 2.27. The molecule has 0 aliphatic heterocycles. The molecule has 1 aliphatic rings. The van der Waals surface area contributed by atoms with Crippen LogP contribution in [0.1, 0.15) is 28.8 Å². The molecule has 5 nitrogen and oxygen atoms in total. The Kier molecular flexibility index (Phi) is 4.08. The standard InChI is InChI=1S/C15H16O5/c1-19-12-8-6-10(5-7-11(16)9-3-4-9)13(15(17)18)14(12)20-2/h5-9H,3-4H2,1-2H3,(H,17,18)/b7-5-. The van der Waals surface area contributed by atoms with Gasteiger partial charge in [-0.2, -0.15) is 0 Å². The molecule has 0 aromatic heterocycles. The molecule has 0 atom stereocenters. The van der Waals surface area contributed by atoms with E-state index in [1.807, 2.05) is 0 Å². The number of carbonyl (C=O) groups excluding carboxylic acids is 1. The second kappa shape index (κ2) is 5.77. The molecular formula is C15H16O5. The summed E-state index contributed by atoms with van der Waals surface area (Å²) >= 11 is 0. The lowest BCUT2D eigenvalue weighted by molar-refractivity contribution is -0.115. The summed E-state index contributed by atoms with van der Waals surface area (Å²) in [5, 5.41) is 9.33. The van der Waals surface area contributed by atoms with E-state index in [-0.39, 0.29) is 23.0 Å². The topological polar surface area (TPSA) is 72.8 Å². The van der Waals surface area contributed by atoms with Crippen molar-refractivity contribution in [3.05, 3.63) is 29.3 Å². The zero-order chi connectivity index (χ0) is 14.7. The maximum Gasteiger partial charge on any atom is 0.340 e. The van der Waals surface area contributed by atoms with E-state index in [9.17, 15) is 14.7 Å². The first-order valence-electron chi connectivity index (χ1n) is 6.28. The van der Waals surface area contributed by atoms with Crippen molar-refractivity contribution in [1.82, 2.24) is 0 Å². The minimum atomic E-state index is -1.13. The van der Waals surface area contributed by atoms with Crippen LogP contribution in [-0.4, -0.2) is 31.1 Å². The number of rotatable bonds is 6. The predicted octanol–water partition coefficient (Wildman–Crippen LogP) is 2.39. The molecule has 1 N–H and O–H groups in total. The largest absolute Gasteiger partial charge is 0.493 e. The molecule has 1 aromatic rings. The van der Waals surface area contributed by atoms with Gasteiger partial charge in [-0.05, 0) is 30.5 Å². The van der Waals surface area contributed by atoms with Crippen molar-refractivity contribution in [1.29, 1.82) is 0 Å². The van der Waals surface area contributed by atoms with E-state index < -0.39 is 5.97 Å². The van der Waals surface area contributed by atoms with E-state index in [1.165, 1.54) is 26.4 Å². The van der Waals surface area contributed by atoms with E-state index in [1.54, 1.807) is 12.1 Å². The SMILES string of the molecule is COc1ccc(/C=C\C(=O)C2CC2)c(C(=O)O)c1OC. The third-order valence-corrected chi connectivity index (χ3v) is 3.20. The van der Waals surface area contributed by atoms with Crippen molar-refractivity contribution >= 4 is 17.8 Å². The van der Waals surface area contributed by atoms with Crippen LogP contribution in [0.2, 0.25) is 0 Å². The average Bonchev–Trinajstić information content (AvgIpc) is 3.27. The van der Waals surface area contributed by atoms with Crippen molar-refractivity contribution in [3.63, 3.8) is 0 Å². The number of hydrogen-bond acceptors (Lipinski definition) is 4. The van der Waals surface area contributed by atoms with Crippen LogP contribution >= 0.6 is 0 Å². The Morgan fingerprint density at radius 1 is 1.25 bits per heavy atom. The molecule has 0 spiro atoms. The lowest BCUT2D eigenvalue weighted by Gasteiger charge is -2.12. The third-order valence-electron chi connectivity index (χ3n) is 3.20. The summed E-state index contributed by atoms with van der Waals surface area (Å²) in [7, 11) is 2.82. The Labute approximate surface area is 116 Å². The summed E-state index contributed by atoms with van der Waals surface area (Å²) in [6, 6.07) is 3.22. The van der Waals surface area contributed by atoms with E-state index in [0.717, 1.165) is 12.8 Å². The third kappa shape index (κ3) is 2.82. The summed E-state index contributed by atoms with van der Waals surface area (Å²) in [5.41, 5.74) is 0.413. The van der Waals surface area contributed by atoms with Gasteiger partial charge in [0.25, 0.3) is 0 Å². The Balaban J connectivity index is 2.41. The second-order valence-electron chi connectivity index (χ2n) is 4.58. The zero-order valence-corrected chi connectivity index (χ0v) is 11.4. The number of carboxylic acid groups (broad SMARTS) is 1. The average molecular weight is 276 g/mol. The fraction of sp³-hybridized carbons (Fsp3) is 0.333. The van der Waals surface area contributed by atoms with Crippen molar-refractivity contribution in [2.45, 2.75) is 12.8 Å². The predicted molar refractivity (Wildman–Crippen MR) is 73.3 cm³/mol. The first kappa shape index (κ1) is 14.1. The molecule has 1 aliphatic carbocycles. The highest BCUT2D eigenvalue weighted by Crippen LogP contribution is 2.35. The van der Waals surface area contributed by atoms with Gasteiger partial charge in [-0.3, -0.25) is 4.79 Å².